The van der Waals surface area contributed by atoms with Gasteiger partial charge in [-0.05, 0) is 19.5 Å². The third kappa shape index (κ3) is 4.12. The normalized spacial score (nSPS) is 22.7. The maximum atomic E-state index is 13.8. The predicted molar refractivity (Wildman–Crippen MR) is 85.5 cm³/mol. The first-order chi connectivity index (χ1) is 10.7. The summed E-state index contributed by atoms with van der Waals surface area (Å²) in [6, 6.07) is 2.20. The van der Waals surface area contributed by atoms with Gasteiger partial charge in [-0.2, -0.15) is 5.10 Å². The third-order valence-electron chi connectivity index (χ3n) is 4.09. The Morgan fingerprint density at radius 3 is 3.09 bits per heavy atom. The summed E-state index contributed by atoms with van der Waals surface area (Å²) in [6.45, 7) is 3.95. The Kier molecular flexibility index (Phi) is 5.17. The van der Waals surface area contributed by atoms with Crippen LogP contribution in [-0.4, -0.2) is 63.5 Å². The molecule has 3 heterocycles. The average molecular weight is 323 g/mol. The zero-order valence-corrected chi connectivity index (χ0v) is 13.6. The van der Waals surface area contributed by atoms with Gasteiger partial charge in [0.2, 0.25) is 0 Å². The summed E-state index contributed by atoms with van der Waals surface area (Å²) in [5.41, 5.74) is 0. The molecule has 120 valence electrons. The van der Waals surface area contributed by atoms with Crippen molar-refractivity contribution >= 4 is 11.3 Å². The number of aromatic nitrogens is 3. The first kappa shape index (κ1) is 15.6. The molecule has 22 heavy (non-hydrogen) atoms. The molecule has 0 amide bonds. The number of likely N-dealkylation sites (tertiary alicyclic amines) is 1. The molecule has 2 aromatic heterocycles. The van der Waals surface area contributed by atoms with E-state index in [0.29, 0.717) is 13.0 Å². The molecule has 0 N–H and O–H groups in total. The molecule has 0 radical (unpaired) electrons. The Balaban J connectivity index is 1.50. The highest BCUT2D eigenvalue weighted by Crippen LogP contribution is 2.23. The molecule has 1 aliphatic heterocycles. The van der Waals surface area contributed by atoms with Gasteiger partial charge in [-0.25, -0.2) is 9.37 Å². The number of hydrogen-bond acceptors (Lipinski definition) is 5. The number of likely N-dealkylation sites (N-methyl/N-ethyl adjacent to an activating group) is 1. The summed E-state index contributed by atoms with van der Waals surface area (Å²) in [5.74, 6) is 0. The second-order valence-corrected chi connectivity index (χ2v) is 6.85. The molecular formula is C15H22FN5S. The minimum Gasteiger partial charge on any atom is -0.303 e. The Bertz CT molecular complexity index is 544. The van der Waals surface area contributed by atoms with Crippen molar-refractivity contribution in [2.45, 2.75) is 31.7 Å². The smallest absolute Gasteiger partial charge is 0.114 e. The van der Waals surface area contributed by atoms with E-state index in [-0.39, 0.29) is 6.04 Å². The van der Waals surface area contributed by atoms with Crippen LogP contribution in [0.2, 0.25) is 0 Å². The van der Waals surface area contributed by atoms with Gasteiger partial charge in [-0.3, -0.25) is 9.58 Å². The Morgan fingerprint density at radius 1 is 1.45 bits per heavy atom. The van der Waals surface area contributed by atoms with E-state index in [2.05, 4.69) is 26.9 Å². The molecule has 0 spiro atoms. The van der Waals surface area contributed by atoms with E-state index in [1.54, 1.807) is 17.5 Å². The van der Waals surface area contributed by atoms with E-state index in [1.807, 2.05) is 28.5 Å². The van der Waals surface area contributed by atoms with Crippen LogP contribution in [0, 0.1) is 0 Å². The van der Waals surface area contributed by atoms with E-state index in [9.17, 15) is 4.39 Å². The molecule has 1 aliphatic rings. The summed E-state index contributed by atoms with van der Waals surface area (Å²) in [4.78, 5) is 8.81. The summed E-state index contributed by atoms with van der Waals surface area (Å²) >= 11 is 1.64. The summed E-state index contributed by atoms with van der Waals surface area (Å²) in [7, 11) is 2.09. The van der Waals surface area contributed by atoms with Crippen LogP contribution in [0.5, 0.6) is 0 Å². The van der Waals surface area contributed by atoms with E-state index in [1.165, 1.54) is 0 Å². The largest absolute Gasteiger partial charge is 0.303 e. The van der Waals surface area contributed by atoms with Gasteiger partial charge in [-0.15, -0.1) is 11.3 Å². The lowest BCUT2D eigenvalue weighted by Crippen LogP contribution is -2.39. The lowest BCUT2D eigenvalue weighted by molar-refractivity contribution is 0.180. The Hall–Kier alpha value is -1.31. The number of halogens is 1. The lowest BCUT2D eigenvalue weighted by atomic mass is 10.2. The van der Waals surface area contributed by atoms with Gasteiger partial charge in [0.1, 0.15) is 11.2 Å². The maximum Gasteiger partial charge on any atom is 0.114 e. The topological polar surface area (TPSA) is 37.2 Å². The van der Waals surface area contributed by atoms with Gasteiger partial charge in [0, 0.05) is 49.6 Å². The zero-order chi connectivity index (χ0) is 15.4. The number of hydrogen-bond donors (Lipinski definition) is 0. The van der Waals surface area contributed by atoms with E-state index < -0.39 is 6.17 Å². The molecule has 0 bridgehead atoms. The van der Waals surface area contributed by atoms with Gasteiger partial charge in [-0.1, -0.05) is 0 Å². The van der Waals surface area contributed by atoms with Crippen LogP contribution < -0.4 is 0 Å². The number of nitrogens with zero attached hydrogens (tertiary/aromatic N) is 5. The fraction of sp³-hybridized carbons (Fsp3) is 0.600. The number of rotatable bonds is 7. The molecule has 2 aromatic rings. The minimum absolute atomic E-state index is 0.265. The van der Waals surface area contributed by atoms with Crippen molar-refractivity contribution < 1.29 is 4.39 Å². The maximum absolute atomic E-state index is 13.8. The number of thiazole rings is 1. The highest BCUT2D eigenvalue weighted by atomic mass is 32.1. The molecule has 1 fully saturated rings. The molecule has 0 aromatic carbocycles. The van der Waals surface area contributed by atoms with Crippen LogP contribution in [0.1, 0.15) is 11.4 Å². The van der Waals surface area contributed by atoms with Crippen LogP contribution in [0.25, 0.3) is 0 Å². The van der Waals surface area contributed by atoms with Gasteiger partial charge in [0.15, 0.2) is 0 Å². The standard InChI is InChI=1S/C15H22FN5S/c1-19(6-7-21-5-2-3-18-21)11-14-9-13(16)10-20(14)12-15-17-4-8-22-15/h2-5,8,13-14H,6-7,9-12H2,1H3/t13-,14-/m0/s1. The molecule has 1 saturated heterocycles. The number of alkyl halides is 1. The second kappa shape index (κ2) is 7.30. The molecular weight excluding hydrogens is 301 g/mol. The van der Waals surface area contributed by atoms with Gasteiger partial charge < -0.3 is 4.90 Å². The summed E-state index contributed by atoms with van der Waals surface area (Å²) < 4.78 is 15.7. The van der Waals surface area contributed by atoms with Crippen molar-refractivity contribution in [2.75, 3.05) is 26.7 Å². The fourth-order valence-corrected chi connectivity index (χ4v) is 3.61. The van der Waals surface area contributed by atoms with Crippen molar-refractivity contribution in [2.24, 2.45) is 0 Å². The van der Waals surface area contributed by atoms with Gasteiger partial charge >= 0.3 is 0 Å². The summed E-state index contributed by atoms with van der Waals surface area (Å²) in [6.07, 6.45) is 5.48. The SMILES string of the molecule is CN(CCn1cccn1)C[C@@H]1C[C@H](F)CN1Cc1nccs1. The van der Waals surface area contributed by atoms with E-state index >= 15 is 0 Å². The minimum atomic E-state index is -0.718. The van der Waals surface area contributed by atoms with Crippen LogP contribution >= 0.6 is 11.3 Å². The molecule has 5 nitrogen and oxygen atoms in total. The first-order valence-corrected chi connectivity index (χ1v) is 8.51. The van der Waals surface area contributed by atoms with Crippen molar-refractivity contribution in [1.82, 2.24) is 24.6 Å². The van der Waals surface area contributed by atoms with Gasteiger partial charge in [0.05, 0.1) is 13.1 Å². The molecule has 2 atom stereocenters. The lowest BCUT2D eigenvalue weighted by Gasteiger charge is -2.27. The van der Waals surface area contributed by atoms with Crippen molar-refractivity contribution in [3.8, 4) is 0 Å². The monoisotopic (exact) mass is 323 g/mol. The second-order valence-electron chi connectivity index (χ2n) is 5.87. The highest BCUT2D eigenvalue weighted by Gasteiger charge is 2.32. The van der Waals surface area contributed by atoms with Crippen LogP contribution in [-0.2, 0) is 13.1 Å². The fourth-order valence-electron chi connectivity index (χ4n) is 2.97. The molecule has 0 unspecified atom stereocenters. The molecule has 0 aliphatic carbocycles. The van der Waals surface area contributed by atoms with Crippen molar-refractivity contribution in [1.29, 1.82) is 0 Å². The Labute approximate surface area is 134 Å². The summed E-state index contributed by atoms with van der Waals surface area (Å²) in [5, 5.41) is 7.25. The van der Waals surface area contributed by atoms with E-state index in [0.717, 1.165) is 31.2 Å². The van der Waals surface area contributed by atoms with Crippen molar-refractivity contribution in [3.63, 3.8) is 0 Å². The van der Waals surface area contributed by atoms with E-state index in [4.69, 9.17) is 0 Å². The highest BCUT2D eigenvalue weighted by molar-refractivity contribution is 7.09. The quantitative estimate of drug-likeness (QED) is 0.780. The van der Waals surface area contributed by atoms with Gasteiger partial charge in [0.25, 0.3) is 0 Å². The van der Waals surface area contributed by atoms with Crippen molar-refractivity contribution in [3.05, 3.63) is 35.0 Å². The Morgan fingerprint density at radius 2 is 2.36 bits per heavy atom. The van der Waals surface area contributed by atoms with Crippen LogP contribution in [0.3, 0.4) is 0 Å². The zero-order valence-electron chi connectivity index (χ0n) is 12.8. The van der Waals surface area contributed by atoms with Crippen LogP contribution in [0.15, 0.2) is 30.0 Å². The third-order valence-corrected chi connectivity index (χ3v) is 4.86. The molecule has 3 rings (SSSR count). The average Bonchev–Trinajstić information content (AvgIpc) is 3.21. The first-order valence-electron chi connectivity index (χ1n) is 7.63. The molecule has 7 heteroatoms. The van der Waals surface area contributed by atoms with Crippen LogP contribution in [0.4, 0.5) is 4.39 Å². The predicted octanol–water partition coefficient (Wildman–Crippen LogP) is 1.88. The molecule has 0 saturated carbocycles.